The second-order valence-corrected chi connectivity index (χ2v) is 5.63. The Morgan fingerprint density at radius 1 is 1.30 bits per heavy atom. The normalized spacial score (nSPS) is 14.2. The zero-order chi connectivity index (χ0) is 14.4. The highest BCUT2D eigenvalue weighted by Crippen LogP contribution is 2.24. The Morgan fingerprint density at radius 2 is 2.05 bits per heavy atom. The van der Waals surface area contributed by atoms with Gasteiger partial charge in [-0.05, 0) is 43.0 Å². The Labute approximate surface area is 122 Å². The van der Waals surface area contributed by atoms with Crippen LogP contribution >= 0.6 is 0 Å². The summed E-state index contributed by atoms with van der Waals surface area (Å²) in [5.41, 5.74) is 3.65. The van der Waals surface area contributed by atoms with Gasteiger partial charge in [-0.3, -0.25) is 4.79 Å². The summed E-state index contributed by atoms with van der Waals surface area (Å²) in [6.45, 7) is 6.19. The number of benzene rings is 1. The molecule has 2 rings (SSSR count). The fourth-order valence-corrected chi connectivity index (χ4v) is 2.99. The van der Waals surface area contributed by atoms with E-state index in [1.165, 1.54) is 11.1 Å². The van der Waals surface area contributed by atoms with Crippen molar-refractivity contribution in [1.82, 2.24) is 5.32 Å². The van der Waals surface area contributed by atoms with E-state index in [-0.39, 0.29) is 11.8 Å². The van der Waals surface area contributed by atoms with Crippen LogP contribution in [0.25, 0.3) is 0 Å². The molecule has 1 aromatic carbocycles. The van der Waals surface area contributed by atoms with Crippen LogP contribution in [-0.4, -0.2) is 12.5 Å². The van der Waals surface area contributed by atoms with Crippen LogP contribution in [-0.2, 0) is 17.8 Å². The van der Waals surface area contributed by atoms with Gasteiger partial charge in [0.05, 0.1) is 0 Å². The van der Waals surface area contributed by atoms with Crippen molar-refractivity contribution in [2.24, 2.45) is 5.92 Å². The van der Waals surface area contributed by atoms with Gasteiger partial charge in [-0.1, -0.05) is 38.8 Å². The van der Waals surface area contributed by atoms with E-state index in [1.54, 1.807) is 0 Å². The summed E-state index contributed by atoms with van der Waals surface area (Å²) in [6.07, 6.45) is 5.09. The molecule has 1 aromatic rings. The molecule has 0 atom stereocenters. The molecular formula is C17H26N2O. The van der Waals surface area contributed by atoms with E-state index < -0.39 is 0 Å². The summed E-state index contributed by atoms with van der Waals surface area (Å²) in [5.74, 6) is 0.350. The number of amides is 1. The van der Waals surface area contributed by atoms with E-state index in [1.807, 2.05) is 12.1 Å². The lowest BCUT2D eigenvalue weighted by molar-refractivity contribution is -0.120. The fraction of sp³-hybridized carbons (Fsp3) is 0.588. The molecule has 3 heteroatoms. The van der Waals surface area contributed by atoms with Crippen LogP contribution in [0, 0.1) is 5.92 Å². The minimum Gasteiger partial charge on any atom is -0.326 e. The van der Waals surface area contributed by atoms with Crippen LogP contribution in [0.4, 0.5) is 5.69 Å². The minimum absolute atomic E-state index is 0.155. The first-order valence-corrected chi connectivity index (χ1v) is 7.88. The van der Waals surface area contributed by atoms with Crippen LogP contribution in [0.1, 0.15) is 50.7 Å². The second-order valence-electron chi connectivity index (χ2n) is 5.63. The van der Waals surface area contributed by atoms with Gasteiger partial charge in [0.2, 0.25) is 5.91 Å². The molecule has 0 radical (unpaired) electrons. The highest BCUT2D eigenvalue weighted by molar-refractivity contribution is 5.93. The first kappa shape index (κ1) is 15.0. The summed E-state index contributed by atoms with van der Waals surface area (Å²) in [7, 11) is 0. The largest absolute Gasteiger partial charge is 0.326 e. The number of fused-ring (bicyclic) bond motifs is 1. The lowest BCUT2D eigenvalue weighted by atomic mass is 9.95. The quantitative estimate of drug-likeness (QED) is 0.833. The summed E-state index contributed by atoms with van der Waals surface area (Å²) in [5, 5.41) is 6.55. The second kappa shape index (κ2) is 7.44. The average Bonchev–Trinajstić information content (AvgIpc) is 2.47. The Morgan fingerprint density at radius 3 is 2.75 bits per heavy atom. The van der Waals surface area contributed by atoms with Crippen LogP contribution in [0.3, 0.4) is 0 Å². The van der Waals surface area contributed by atoms with Crippen LogP contribution in [0.15, 0.2) is 18.2 Å². The van der Waals surface area contributed by atoms with E-state index in [0.717, 1.165) is 50.9 Å². The molecule has 0 aromatic heterocycles. The summed E-state index contributed by atoms with van der Waals surface area (Å²) in [4.78, 5) is 12.5. The van der Waals surface area contributed by atoms with Crippen molar-refractivity contribution in [3.63, 3.8) is 0 Å². The zero-order valence-electron chi connectivity index (χ0n) is 12.7. The monoisotopic (exact) mass is 274 g/mol. The highest BCUT2D eigenvalue weighted by Gasteiger charge is 2.19. The number of carbonyl (C=O) groups excluding carboxylic acids is 1. The maximum absolute atomic E-state index is 12.5. The number of hydrogen-bond acceptors (Lipinski definition) is 2. The summed E-state index contributed by atoms with van der Waals surface area (Å²) in [6, 6.07) is 6.22. The molecule has 0 saturated carbocycles. The van der Waals surface area contributed by atoms with Crippen molar-refractivity contribution in [2.75, 3.05) is 11.9 Å². The molecular weight excluding hydrogens is 248 g/mol. The third-order valence-electron chi connectivity index (χ3n) is 4.04. The lowest BCUT2D eigenvalue weighted by Gasteiger charge is -2.22. The fourth-order valence-electron chi connectivity index (χ4n) is 2.99. The van der Waals surface area contributed by atoms with Crippen molar-refractivity contribution in [2.45, 2.75) is 52.5 Å². The minimum atomic E-state index is 0.155. The molecule has 0 bridgehead atoms. The molecule has 0 fully saturated rings. The third kappa shape index (κ3) is 3.60. The Bertz CT molecular complexity index is 450. The summed E-state index contributed by atoms with van der Waals surface area (Å²) >= 11 is 0. The van der Waals surface area contributed by atoms with Gasteiger partial charge in [-0.2, -0.15) is 0 Å². The molecule has 2 N–H and O–H groups in total. The van der Waals surface area contributed by atoms with Crippen LogP contribution in [0.5, 0.6) is 0 Å². The van der Waals surface area contributed by atoms with E-state index in [2.05, 4.69) is 30.5 Å². The van der Waals surface area contributed by atoms with Crippen LogP contribution in [0.2, 0.25) is 0 Å². The smallest absolute Gasteiger partial charge is 0.227 e. The Kier molecular flexibility index (Phi) is 5.60. The van der Waals surface area contributed by atoms with Crippen molar-refractivity contribution in [3.8, 4) is 0 Å². The molecule has 1 aliphatic heterocycles. The van der Waals surface area contributed by atoms with Gasteiger partial charge in [0.25, 0.3) is 0 Å². The van der Waals surface area contributed by atoms with E-state index >= 15 is 0 Å². The number of rotatable bonds is 6. The van der Waals surface area contributed by atoms with E-state index in [9.17, 15) is 4.79 Å². The van der Waals surface area contributed by atoms with Gasteiger partial charge < -0.3 is 10.6 Å². The van der Waals surface area contributed by atoms with Crippen molar-refractivity contribution >= 4 is 11.6 Å². The van der Waals surface area contributed by atoms with Crippen molar-refractivity contribution < 1.29 is 4.79 Å². The van der Waals surface area contributed by atoms with E-state index in [0.29, 0.717) is 0 Å². The number of nitrogens with one attached hydrogen (secondary N) is 2. The van der Waals surface area contributed by atoms with Gasteiger partial charge >= 0.3 is 0 Å². The molecule has 3 nitrogen and oxygen atoms in total. The molecule has 110 valence electrons. The van der Waals surface area contributed by atoms with Gasteiger partial charge in [0, 0.05) is 18.2 Å². The van der Waals surface area contributed by atoms with Crippen molar-refractivity contribution in [3.05, 3.63) is 29.3 Å². The molecule has 0 saturated heterocycles. The molecule has 1 aliphatic rings. The number of carbonyl (C=O) groups is 1. The SMILES string of the molecule is CCCC(CCC)C(=O)Nc1cccc2c1CCNC2. The lowest BCUT2D eigenvalue weighted by Crippen LogP contribution is -2.27. The highest BCUT2D eigenvalue weighted by atomic mass is 16.1. The van der Waals surface area contributed by atoms with Gasteiger partial charge in [0.15, 0.2) is 0 Å². The van der Waals surface area contributed by atoms with E-state index in [4.69, 9.17) is 0 Å². The molecule has 1 amide bonds. The molecule has 0 unspecified atom stereocenters. The number of anilines is 1. The maximum Gasteiger partial charge on any atom is 0.227 e. The molecule has 0 aliphatic carbocycles. The summed E-state index contributed by atoms with van der Waals surface area (Å²) < 4.78 is 0. The Hall–Kier alpha value is -1.35. The maximum atomic E-state index is 12.5. The average molecular weight is 274 g/mol. The predicted molar refractivity (Wildman–Crippen MR) is 83.8 cm³/mol. The first-order valence-electron chi connectivity index (χ1n) is 7.88. The zero-order valence-corrected chi connectivity index (χ0v) is 12.7. The third-order valence-corrected chi connectivity index (χ3v) is 4.04. The van der Waals surface area contributed by atoms with Gasteiger partial charge in [-0.25, -0.2) is 0 Å². The van der Waals surface area contributed by atoms with Gasteiger partial charge in [-0.15, -0.1) is 0 Å². The predicted octanol–water partition coefficient (Wildman–Crippen LogP) is 3.49. The van der Waals surface area contributed by atoms with Crippen LogP contribution < -0.4 is 10.6 Å². The van der Waals surface area contributed by atoms with Gasteiger partial charge in [0.1, 0.15) is 0 Å². The Balaban J connectivity index is 2.10. The first-order chi connectivity index (χ1) is 9.76. The molecule has 20 heavy (non-hydrogen) atoms. The molecule has 0 spiro atoms. The number of hydrogen-bond donors (Lipinski definition) is 2. The molecule has 1 heterocycles. The topological polar surface area (TPSA) is 41.1 Å². The van der Waals surface area contributed by atoms with Crippen molar-refractivity contribution in [1.29, 1.82) is 0 Å². The standard InChI is InChI=1S/C17H26N2O/c1-3-6-13(7-4-2)17(20)19-16-9-5-8-14-12-18-11-10-15(14)16/h5,8-9,13,18H,3-4,6-7,10-12H2,1-2H3,(H,19,20).